The molecule has 0 saturated heterocycles. The molecular formula is C22H16ClF3N4O2. The summed E-state index contributed by atoms with van der Waals surface area (Å²) >= 11 is 6.32. The van der Waals surface area contributed by atoms with E-state index >= 15 is 0 Å². The van der Waals surface area contributed by atoms with Crippen molar-refractivity contribution in [3.05, 3.63) is 77.1 Å². The Morgan fingerprint density at radius 3 is 2.44 bits per heavy atom. The summed E-state index contributed by atoms with van der Waals surface area (Å²) in [4.78, 5) is 4.30. The molecule has 0 fully saturated rings. The average Bonchev–Trinajstić information content (AvgIpc) is 2.78. The zero-order valence-electron chi connectivity index (χ0n) is 16.3. The van der Waals surface area contributed by atoms with Gasteiger partial charge in [0.25, 0.3) is 0 Å². The maximum Gasteiger partial charge on any atom is 0.416 e. The second kappa shape index (κ2) is 8.70. The predicted octanol–water partition coefficient (Wildman–Crippen LogP) is 5.13. The van der Waals surface area contributed by atoms with Gasteiger partial charge < -0.3 is 15.5 Å². The molecule has 2 aromatic carbocycles. The highest BCUT2D eigenvalue weighted by Gasteiger charge is 2.30. The van der Waals surface area contributed by atoms with E-state index < -0.39 is 24.5 Å². The Hall–Kier alpha value is -3.27. The minimum Gasteiger partial charge on any atom is -0.393 e. The van der Waals surface area contributed by atoms with Crippen LogP contribution in [0.2, 0.25) is 5.02 Å². The number of hydrogen-bond donors (Lipinski definition) is 3. The van der Waals surface area contributed by atoms with Crippen LogP contribution < -0.4 is 5.32 Å². The first-order chi connectivity index (χ1) is 15.3. The molecule has 32 heavy (non-hydrogen) atoms. The van der Waals surface area contributed by atoms with Gasteiger partial charge in [0.05, 0.1) is 29.1 Å². The third kappa shape index (κ3) is 4.50. The molecule has 164 valence electrons. The molecule has 0 unspecified atom stereocenters. The van der Waals surface area contributed by atoms with Gasteiger partial charge in [0, 0.05) is 33.8 Å². The molecule has 4 rings (SSSR count). The number of nitrogens with one attached hydrogen (secondary N) is 1. The Kier molecular flexibility index (Phi) is 5.96. The van der Waals surface area contributed by atoms with Gasteiger partial charge in [0.15, 0.2) is 5.82 Å². The summed E-state index contributed by atoms with van der Waals surface area (Å²) in [5.41, 5.74) is 1.28. The highest BCUT2D eigenvalue weighted by atomic mass is 35.5. The van der Waals surface area contributed by atoms with Crippen molar-refractivity contribution in [2.24, 2.45) is 0 Å². The van der Waals surface area contributed by atoms with Crippen LogP contribution in [0.25, 0.3) is 22.0 Å². The third-order valence-electron chi connectivity index (χ3n) is 4.83. The van der Waals surface area contributed by atoms with Gasteiger partial charge >= 0.3 is 6.18 Å². The summed E-state index contributed by atoms with van der Waals surface area (Å²) in [5, 5.41) is 31.5. The Morgan fingerprint density at radius 2 is 1.78 bits per heavy atom. The number of halogens is 4. The van der Waals surface area contributed by atoms with Crippen molar-refractivity contribution in [1.29, 1.82) is 0 Å². The van der Waals surface area contributed by atoms with Crippen molar-refractivity contribution >= 4 is 33.9 Å². The highest BCUT2D eigenvalue weighted by molar-refractivity contribution is 6.33. The Bertz CT molecular complexity index is 1270. The molecule has 0 bridgehead atoms. The van der Waals surface area contributed by atoms with Gasteiger partial charge in [-0.15, -0.1) is 5.10 Å². The SMILES string of the molecule is OC[C@@H](O)c1cnc(-c2ccc3c(Nc4ccc(C(F)(F)F)cc4)nncc3c2)c(Cl)c1. The van der Waals surface area contributed by atoms with Crippen LogP contribution >= 0.6 is 11.6 Å². The number of rotatable bonds is 5. The Morgan fingerprint density at radius 1 is 1.03 bits per heavy atom. The molecule has 0 radical (unpaired) electrons. The lowest BCUT2D eigenvalue weighted by Crippen LogP contribution is -2.04. The zero-order valence-corrected chi connectivity index (χ0v) is 17.1. The van der Waals surface area contributed by atoms with Crippen LogP contribution in [0, 0.1) is 0 Å². The van der Waals surface area contributed by atoms with E-state index in [-0.39, 0.29) is 0 Å². The van der Waals surface area contributed by atoms with Crippen molar-refractivity contribution in [3.8, 4) is 11.3 Å². The first kappa shape index (κ1) is 21.9. The summed E-state index contributed by atoms with van der Waals surface area (Å²) in [6.45, 7) is -0.444. The molecule has 10 heteroatoms. The summed E-state index contributed by atoms with van der Waals surface area (Å²) in [5.74, 6) is 0.384. The monoisotopic (exact) mass is 460 g/mol. The molecule has 6 nitrogen and oxygen atoms in total. The number of nitrogens with zero attached hydrogens (tertiary/aromatic N) is 3. The van der Waals surface area contributed by atoms with Crippen LogP contribution in [0.4, 0.5) is 24.7 Å². The van der Waals surface area contributed by atoms with E-state index in [2.05, 4.69) is 20.5 Å². The topological polar surface area (TPSA) is 91.2 Å². The summed E-state index contributed by atoms with van der Waals surface area (Å²) in [6, 6.07) is 11.5. The molecule has 1 atom stereocenters. The van der Waals surface area contributed by atoms with Crippen LogP contribution in [0.3, 0.4) is 0 Å². The molecule has 0 amide bonds. The van der Waals surface area contributed by atoms with E-state index in [1.807, 2.05) is 0 Å². The molecule has 2 aromatic heterocycles. The number of hydrogen-bond acceptors (Lipinski definition) is 6. The number of aliphatic hydroxyl groups excluding tert-OH is 2. The van der Waals surface area contributed by atoms with Crippen LogP contribution in [0.15, 0.2) is 60.9 Å². The summed E-state index contributed by atoms with van der Waals surface area (Å²) in [6.07, 6.45) is -2.49. The summed E-state index contributed by atoms with van der Waals surface area (Å²) < 4.78 is 38.3. The minimum absolute atomic E-state index is 0.305. The first-order valence-corrected chi connectivity index (χ1v) is 9.78. The lowest BCUT2D eigenvalue weighted by atomic mass is 10.0. The molecule has 0 aliphatic carbocycles. The second-order valence-electron chi connectivity index (χ2n) is 6.99. The Balaban J connectivity index is 1.64. The number of aliphatic hydroxyl groups is 2. The number of benzene rings is 2. The van der Waals surface area contributed by atoms with Crippen LogP contribution in [-0.4, -0.2) is 32.0 Å². The maximum absolute atomic E-state index is 12.8. The van der Waals surface area contributed by atoms with Gasteiger partial charge in [-0.3, -0.25) is 4.98 Å². The van der Waals surface area contributed by atoms with Gasteiger partial charge in [-0.1, -0.05) is 17.7 Å². The van der Waals surface area contributed by atoms with Crippen molar-refractivity contribution in [2.45, 2.75) is 12.3 Å². The highest BCUT2D eigenvalue weighted by Crippen LogP contribution is 2.33. The van der Waals surface area contributed by atoms with Gasteiger partial charge in [-0.2, -0.15) is 18.3 Å². The van der Waals surface area contributed by atoms with Crippen LogP contribution in [0.5, 0.6) is 0 Å². The molecule has 3 N–H and O–H groups in total. The number of aromatic nitrogens is 3. The van der Waals surface area contributed by atoms with E-state index in [4.69, 9.17) is 16.7 Å². The van der Waals surface area contributed by atoms with Crippen LogP contribution in [-0.2, 0) is 6.18 Å². The quantitative estimate of drug-likeness (QED) is 0.382. The molecule has 0 spiro atoms. The smallest absolute Gasteiger partial charge is 0.393 e. The fourth-order valence-corrected chi connectivity index (χ4v) is 3.44. The van der Waals surface area contributed by atoms with Crippen molar-refractivity contribution in [2.75, 3.05) is 11.9 Å². The van der Waals surface area contributed by atoms with Crippen molar-refractivity contribution in [3.63, 3.8) is 0 Å². The van der Waals surface area contributed by atoms with E-state index in [0.29, 0.717) is 44.1 Å². The van der Waals surface area contributed by atoms with Gasteiger partial charge in [-0.05, 0) is 42.5 Å². The van der Waals surface area contributed by atoms with Crippen molar-refractivity contribution in [1.82, 2.24) is 15.2 Å². The zero-order chi connectivity index (χ0) is 22.9. The molecule has 2 heterocycles. The number of fused-ring (bicyclic) bond motifs is 1. The lowest BCUT2D eigenvalue weighted by molar-refractivity contribution is -0.137. The number of pyridine rings is 1. The predicted molar refractivity (Wildman–Crippen MR) is 115 cm³/mol. The first-order valence-electron chi connectivity index (χ1n) is 9.40. The average molecular weight is 461 g/mol. The normalized spacial score (nSPS) is 12.7. The van der Waals surface area contributed by atoms with Crippen LogP contribution in [0.1, 0.15) is 17.2 Å². The van der Waals surface area contributed by atoms with Gasteiger partial charge in [-0.25, -0.2) is 0 Å². The van der Waals surface area contributed by atoms with Gasteiger partial charge in [0.2, 0.25) is 0 Å². The third-order valence-corrected chi connectivity index (χ3v) is 5.12. The van der Waals surface area contributed by atoms with Gasteiger partial charge in [0.1, 0.15) is 6.10 Å². The minimum atomic E-state index is -4.40. The second-order valence-corrected chi connectivity index (χ2v) is 7.40. The van der Waals surface area contributed by atoms with Crippen molar-refractivity contribution < 1.29 is 23.4 Å². The summed E-state index contributed by atoms with van der Waals surface area (Å²) in [7, 11) is 0. The number of anilines is 2. The molecule has 0 aliphatic rings. The van der Waals surface area contributed by atoms with E-state index in [1.165, 1.54) is 24.4 Å². The standard InChI is InChI=1S/C22H16ClF3N4O2/c23-18-8-14(19(32)11-31)9-27-20(18)12-1-6-17-13(7-12)10-28-30-21(17)29-16-4-2-15(3-5-16)22(24,25)26/h1-10,19,31-32H,11H2,(H,29,30)/t19-/m1/s1. The molecule has 0 saturated carbocycles. The maximum atomic E-state index is 12.8. The number of alkyl halides is 3. The molecule has 0 aliphatic heterocycles. The molecular weight excluding hydrogens is 445 g/mol. The lowest BCUT2D eigenvalue weighted by Gasteiger charge is -2.12. The fourth-order valence-electron chi connectivity index (χ4n) is 3.16. The largest absolute Gasteiger partial charge is 0.416 e. The molecule has 4 aromatic rings. The Labute approximate surface area is 185 Å². The van der Waals surface area contributed by atoms with E-state index in [9.17, 15) is 18.3 Å². The van der Waals surface area contributed by atoms with E-state index in [0.717, 1.165) is 12.1 Å². The van der Waals surface area contributed by atoms with E-state index in [1.54, 1.807) is 24.4 Å². The fraction of sp³-hybridized carbons (Fsp3) is 0.136.